The van der Waals surface area contributed by atoms with Crippen LogP contribution >= 0.6 is 22.6 Å². The minimum atomic E-state index is 0.134. The van der Waals surface area contributed by atoms with Gasteiger partial charge in [-0.2, -0.15) is 0 Å². The fourth-order valence-electron chi connectivity index (χ4n) is 4.35. The quantitative estimate of drug-likeness (QED) is 0.556. The van der Waals surface area contributed by atoms with Crippen molar-refractivity contribution in [1.29, 1.82) is 0 Å². The van der Waals surface area contributed by atoms with E-state index in [1.807, 2.05) is 17.0 Å². The number of methoxy groups -OCH3 is 1. The maximum Gasteiger partial charge on any atom is 0.254 e. The first-order valence-corrected chi connectivity index (χ1v) is 10.8. The van der Waals surface area contributed by atoms with E-state index in [1.54, 1.807) is 13.3 Å². The molecule has 2 aliphatic heterocycles. The van der Waals surface area contributed by atoms with E-state index in [4.69, 9.17) is 9.72 Å². The number of H-pyrrole nitrogens is 1. The van der Waals surface area contributed by atoms with Crippen LogP contribution in [0.5, 0.6) is 5.88 Å². The van der Waals surface area contributed by atoms with Gasteiger partial charge in [-0.1, -0.05) is 0 Å². The van der Waals surface area contributed by atoms with E-state index in [1.165, 1.54) is 0 Å². The normalized spacial score (nSPS) is 17.9. The topological polar surface area (TPSA) is 74.4 Å². The minimum Gasteiger partial charge on any atom is -0.480 e. The number of hydrogen-bond donors (Lipinski definition) is 1. The Morgan fingerprint density at radius 2 is 2.07 bits per heavy atom. The van der Waals surface area contributed by atoms with Crippen molar-refractivity contribution < 1.29 is 9.53 Å². The second-order valence-electron chi connectivity index (χ2n) is 7.76. The second-order valence-corrected chi connectivity index (χ2v) is 8.92. The molecule has 8 heteroatoms. The number of benzene rings is 1. The fourth-order valence-corrected chi connectivity index (χ4v) is 5.00. The summed E-state index contributed by atoms with van der Waals surface area (Å²) in [5, 5.41) is 0. The van der Waals surface area contributed by atoms with Crippen LogP contribution in [0.15, 0.2) is 24.4 Å². The van der Waals surface area contributed by atoms with Crippen LogP contribution in [0.1, 0.15) is 28.8 Å². The molecule has 1 saturated heterocycles. The molecular formula is C21H22IN5O2. The number of carbonyl (C=O) groups excluding carboxylic acids is 1. The highest BCUT2D eigenvalue weighted by atomic mass is 127. The molecule has 150 valence electrons. The summed E-state index contributed by atoms with van der Waals surface area (Å²) in [4.78, 5) is 29.9. The Morgan fingerprint density at radius 3 is 2.83 bits per heavy atom. The number of pyridine rings is 1. The van der Waals surface area contributed by atoms with Crippen LogP contribution in [0, 0.1) is 3.57 Å². The molecule has 0 spiro atoms. The van der Waals surface area contributed by atoms with Gasteiger partial charge in [0.2, 0.25) is 5.88 Å². The third-order valence-corrected chi connectivity index (χ3v) is 6.86. The summed E-state index contributed by atoms with van der Waals surface area (Å²) in [6.45, 7) is 2.77. The number of likely N-dealkylation sites (tertiary alicyclic amines) is 1. The highest BCUT2D eigenvalue weighted by Gasteiger charge is 2.34. The van der Waals surface area contributed by atoms with Gasteiger partial charge in [-0.15, -0.1) is 0 Å². The van der Waals surface area contributed by atoms with Gasteiger partial charge in [-0.3, -0.25) is 4.79 Å². The van der Waals surface area contributed by atoms with Crippen molar-refractivity contribution in [3.63, 3.8) is 0 Å². The fraction of sp³-hybridized carbons (Fsp3) is 0.381. The van der Waals surface area contributed by atoms with Crippen molar-refractivity contribution in [2.24, 2.45) is 0 Å². The number of ether oxygens (including phenoxy) is 1. The zero-order chi connectivity index (χ0) is 20.1. The SMILES string of the molecule is COc1nccc(I)c1-c1nc2cc3c(cc2[nH]1)CN(C1CCN(C)CC1)C3=O. The average molecular weight is 503 g/mol. The zero-order valence-electron chi connectivity index (χ0n) is 16.4. The maximum atomic E-state index is 13.1. The molecule has 0 saturated carbocycles. The third kappa shape index (κ3) is 3.18. The van der Waals surface area contributed by atoms with Gasteiger partial charge in [0.15, 0.2) is 0 Å². The predicted octanol–water partition coefficient (Wildman–Crippen LogP) is 3.29. The van der Waals surface area contributed by atoms with E-state index in [-0.39, 0.29) is 5.91 Å². The van der Waals surface area contributed by atoms with Gasteiger partial charge >= 0.3 is 0 Å². The molecule has 2 aromatic heterocycles. The smallest absolute Gasteiger partial charge is 0.254 e. The second kappa shape index (κ2) is 7.24. The number of aromatic amines is 1. The largest absolute Gasteiger partial charge is 0.480 e. The molecule has 1 amide bonds. The van der Waals surface area contributed by atoms with E-state index in [0.29, 0.717) is 24.3 Å². The van der Waals surface area contributed by atoms with Crippen molar-refractivity contribution in [3.8, 4) is 17.3 Å². The third-order valence-electron chi connectivity index (χ3n) is 5.96. The lowest BCUT2D eigenvalue weighted by Gasteiger charge is -2.34. The Balaban J connectivity index is 1.50. The lowest BCUT2D eigenvalue weighted by molar-refractivity contribution is 0.0617. The monoisotopic (exact) mass is 503 g/mol. The van der Waals surface area contributed by atoms with Crippen molar-refractivity contribution in [2.45, 2.75) is 25.4 Å². The number of imidazole rings is 1. The first-order chi connectivity index (χ1) is 14.0. The van der Waals surface area contributed by atoms with Crippen LogP contribution in [0.4, 0.5) is 0 Å². The standard InChI is InChI=1S/C21H22IN5O2/c1-26-7-4-13(5-8-26)27-11-12-9-16-17(10-14(12)21(27)28)25-19(24-16)18-15(22)3-6-23-20(18)29-2/h3,6,9-10,13H,4-5,7-8,11H2,1-2H3,(H,24,25). The number of nitrogens with zero attached hydrogens (tertiary/aromatic N) is 4. The van der Waals surface area contributed by atoms with Gasteiger partial charge in [0.1, 0.15) is 5.82 Å². The van der Waals surface area contributed by atoms with Gasteiger partial charge in [-0.25, -0.2) is 9.97 Å². The number of aromatic nitrogens is 3. The number of fused-ring (bicyclic) bond motifs is 2. The first-order valence-electron chi connectivity index (χ1n) is 9.76. The molecule has 0 unspecified atom stereocenters. The van der Waals surface area contributed by atoms with E-state index in [2.05, 4.69) is 50.6 Å². The molecule has 0 bridgehead atoms. The Kier molecular flexibility index (Phi) is 4.70. The maximum absolute atomic E-state index is 13.1. The number of nitrogens with one attached hydrogen (secondary N) is 1. The summed E-state index contributed by atoms with van der Waals surface area (Å²) in [6, 6.07) is 6.25. The summed E-state index contributed by atoms with van der Waals surface area (Å²) in [6.07, 6.45) is 3.79. The van der Waals surface area contributed by atoms with Crippen LogP contribution in [0.25, 0.3) is 22.4 Å². The minimum absolute atomic E-state index is 0.134. The molecule has 1 aromatic carbocycles. The van der Waals surface area contributed by atoms with Crippen molar-refractivity contribution in [3.05, 3.63) is 39.1 Å². The number of amides is 1. The highest BCUT2D eigenvalue weighted by Crippen LogP contribution is 2.35. The summed E-state index contributed by atoms with van der Waals surface area (Å²) in [5.74, 6) is 1.38. The summed E-state index contributed by atoms with van der Waals surface area (Å²) in [5.41, 5.74) is 4.41. The van der Waals surface area contributed by atoms with Gasteiger partial charge < -0.3 is 19.5 Å². The Hall–Kier alpha value is -2.20. The van der Waals surface area contributed by atoms with E-state index < -0.39 is 0 Å². The van der Waals surface area contributed by atoms with Crippen LogP contribution < -0.4 is 4.74 Å². The van der Waals surface area contributed by atoms with E-state index in [9.17, 15) is 4.79 Å². The van der Waals surface area contributed by atoms with Crippen molar-refractivity contribution >= 4 is 39.5 Å². The van der Waals surface area contributed by atoms with Crippen molar-refractivity contribution in [2.75, 3.05) is 27.2 Å². The number of rotatable bonds is 3. The van der Waals surface area contributed by atoms with Crippen molar-refractivity contribution in [1.82, 2.24) is 24.8 Å². The average Bonchev–Trinajstić information content (AvgIpc) is 3.27. The molecule has 7 nitrogen and oxygen atoms in total. The molecule has 3 aromatic rings. The van der Waals surface area contributed by atoms with Crippen LogP contribution in [0.2, 0.25) is 0 Å². The summed E-state index contributed by atoms with van der Waals surface area (Å²) in [7, 11) is 3.75. The number of halogens is 1. The lowest BCUT2D eigenvalue weighted by atomic mass is 10.0. The van der Waals surface area contributed by atoms with E-state index in [0.717, 1.165) is 57.2 Å². The molecule has 5 rings (SSSR count). The van der Waals surface area contributed by atoms with Gasteiger partial charge in [0.05, 0.1) is 23.7 Å². The molecule has 0 atom stereocenters. The number of hydrogen-bond acceptors (Lipinski definition) is 5. The Labute approximate surface area is 182 Å². The molecule has 4 heterocycles. The van der Waals surface area contributed by atoms with Crippen LogP contribution in [-0.2, 0) is 6.54 Å². The molecule has 0 aliphatic carbocycles. The first kappa shape index (κ1) is 18.8. The van der Waals surface area contributed by atoms with Gasteiger partial charge in [-0.05, 0) is 79.3 Å². The Morgan fingerprint density at radius 1 is 1.28 bits per heavy atom. The van der Waals surface area contributed by atoms with Gasteiger partial charge in [0.25, 0.3) is 5.91 Å². The lowest BCUT2D eigenvalue weighted by Crippen LogP contribution is -2.43. The molecule has 0 radical (unpaired) electrons. The zero-order valence-corrected chi connectivity index (χ0v) is 18.6. The van der Waals surface area contributed by atoms with Crippen LogP contribution in [-0.4, -0.2) is 63.9 Å². The molecule has 1 N–H and O–H groups in total. The Bertz CT molecular complexity index is 1100. The van der Waals surface area contributed by atoms with E-state index >= 15 is 0 Å². The molecular weight excluding hydrogens is 481 g/mol. The van der Waals surface area contributed by atoms with Gasteiger partial charge in [0, 0.05) is 27.9 Å². The molecule has 2 aliphatic rings. The summed E-state index contributed by atoms with van der Waals surface area (Å²) >= 11 is 2.26. The highest BCUT2D eigenvalue weighted by molar-refractivity contribution is 14.1. The van der Waals surface area contributed by atoms with Crippen LogP contribution in [0.3, 0.4) is 0 Å². The summed E-state index contributed by atoms with van der Waals surface area (Å²) < 4.78 is 6.43. The molecule has 29 heavy (non-hydrogen) atoms. The molecule has 1 fully saturated rings. The predicted molar refractivity (Wildman–Crippen MR) is 119 cm³/mol. The number of piperidine rings is 1. The number of carbonyl (C=O) groups is 1.